The molecule has 3 nitrogen and oxygen atoms in total. The smallest absolute Gasteiger partial charge is 0.300 e. The van der Waals surface area contributed by atoms with E-state index in [1.54, 1.807) is 0 Å². The minimum atomic E-state index is -0.833. The van der Waals surface area contributed by atoms with Crippen molar-refractivity contribution in [3.8, 4) is 0 Å². The van der Waals surface area contributed by atoms with Crippen molar-refractivity contribution >= 4 is 5.97 Å². The second-order valence-corrected chi connectivity index (χ2v) is 2.94. The molecule has 0 bridgehead atoms. The molecular formula is C9H21NO2. The van der Waals surface area contributed by atoms with Gasteiger partial charge in [-0.25, -0.2) is 0 Å². The Kier molecular flexibility index (Phi) is 8.27. The zero-order valence-corrected chi connectivity index (χ0v) is 8.55. The van der Waals surface area contributed by atoms with Crippen LogP contribution < -0.4 is 5.73 Å². The van der Waals surface area contributed by atoms with Crippen LogP contribution in [0.4, 0.5) is 0 Å². The highest BCUT2D eigenvalue weighted by Crippen LogP contribution is 2.14. The van der Waals surface area contributed by atoms with Crippen LogP contribution in [0.15, 0.2) is 0 Å². The van der Waals surface area contributed by atoms with Crippen LogP contribution in [0, 0.1) is 0 Å². The van der Waals surface area contributed by atoms with Crippen molar-refractivity contribution < 1.29 is 9.90 Å². The number of carboxylic acids is 1. The van der Waals surface area contributed by atoms with Crippen molar-refractivity contribution in [1.82, 2.24) is 0 Å². The van der Waals surface area contributed by atoms with Crippen LogP contribution in [0.25, 0.3) is 0 Å². The number of nitrogens with two attached hydrogens (primary N) is 1. The molecule has 0 amide bonds. The minimum absolute atomic E-state index is 0.125. The van der Waals surface area contributed by atoms with Crippen molar-refractivity contribution in [2.75, 3.05) is 0 Å². The Morgan fingerprint density at radius 3 is 1.42 bits per heavy atom. The predicted octanol–water partition coefficient (Wildman–Crippen LogP) is 2.00. The number of aliphatic carboxylic acids is 1. The maximum absolute atomic E-state index is 9.00. The minimum Gasteiger partial charge on any atom is -0.481 e. The van der Waals surface area contributed by atoms with Gasteiger partial charge in [-0.3, -0.25) is 4.79 Å². The number of hydrogen-bond acceptors (Lipinski definition) is 2. The molecule has 12 heavy (non-hydrogen) atoms. The maximum Gasteiger partial charge on any atom is 0.300 e. The SMILES string of the molecule is CC(=O)O.CCC(N)(CC)CC. The molecule has 0 saturated carbocycles. The summed E-state index contributed by atoms with van der Waals surface area (Å²) in [7, 11) is 0. The van der Waals surface area contributed by atoms with E-state index in [0.29, 0.717) is 0 Å². The Morgan fingerprint density at radius 2 is 1.42 bits per heavy atom. The van der Waals surface area contributed by atoms with Crippen LogP contribution in [0.1, 0.15) is 47.0 Å². The van der Waals surface area contributed by atoms with Gasteiger partial charge in [0.2, 0.25) is 0 Å². The van der Waals surface area contributed by atoms with E-state index in [9.17, 15) is 0 Å². The molecule has 0 aromatic carbocycles. The summed E-state index contributed by atoms with van der Waals surface area (Å²) in [5.74, 6) is -0.833. The third kappa shape index (κ3) is 9.43. The molecule has 0 rings (SSSR count). The Hall–Kier alpha value is -0.570. The van der Waals surface area contributed by atoms with Crippen LogP contribution in [0.5, 0.6) is 0 Å². The van der Waals surface area contributed by atoms with E-state index in [-0.39, 0.29) is 5.54 Å². The van der Waals surface area contributed by atoms with Gasteiger partial charge in [0.25, 0.3) is 5.97 Å². The van der Waals surface area contributed by atoms with E-state index >= 15 is 0 Å². The highest BCUT2D eigenvalue weighted by atomic mass is 16.4. The predicted molar refractivity (Wildman–Crippen MR) is 51.1 cm³/mol. The molecule has 74 valence electrons. The third-order valence-corrected chi connectivity index (χ3v) is 2.11. The van der Waals surface area contributed by atoms with E-state index in [0.717, 1.165) is 26.2 Å². The molecule has 0 radical (unpaired) electrons. The topological polar surface area (TPSA) is 63.3 Å². The summed E-state index contributed by atoms with van der Waals surface area (Å²) >= 11 is 0. The zero-order chi connectivity index (χ0) is 10.2. The lowest BCUT2D eigenvalue weighted by Gasteiger charge is -2.23. The second kappa shape index (κ2) is 7.10. The monoisotopic (exact) mass is 175 g/mol. The maximum atomic E-state index is 9.00. The summed E-state index contributed by atoms with van der Waals surface area (Å²) in [5, 5.41) is 7.42. The summed E-state index contributed by atoms with van der Waals surface area (Å²) in [4.78, 5) is 9.00. The second-order valence-electron chi connectivity index (χ2n) is 2.94. The first-order valence-corrected chi connectivity index (χ1v) is 4.40. The first-order valence-electron chi connectivity index (χ1n) is 4.40. The van der Waals surface area contributed by atoms with Gasteiger partial charge in [-0.15, -0.1) is 0 Å². The zero-order valence-electron chi connectivity index (χ0n) is 8.55. The molecule has 0 unspecified atom stereocenters. The molecule has 0 atom stereocenters. The van der Waals surface area contributed by atoms with Gasteiger partial charge in [0.1, 0.15) is 0 Å². The molecular weight excluding hydrogens is 154 g/mol. The molecule has 0 heterocycles. The summed E-state index contributed by atoms with van der Waals surface area (Å²) in [6.07, 6.45) is 3.29. The van der Waals surface area contributed by atoms with Crippen molar-refractivity contribution in [1.29, 1.82) is 0 Å². The largest absolute Gasteiger partial charge is 0.481 e. The van der Waals surface area contributed by atoms with Crippen LogP contribution in [0.3, 0.4) is 0 Å². The van der Waals surface area contributed by atoms with Crippen LogP contribution in [0.2, 0.25) is 0 Å². The average molecular weight is 175 g/mol. The molecule has 0 aliphatic heterocycles. The molecule has 0 aromatic rings. The van der Waals surface area contributed by atoms with E-state index in [2.05, 4.69) is 20.8 Å². The molecule has 0 saturated heterocycles. The molecule has 3 N–H and O–H groups in total. The number of carbonyl (C=O) groups is 1. The van der Waals surface area contributed by atoms with Gasteiger partial charge in [-0.1, -0.05) is 20.8 Å². The van der Waals surface area contributed by atoms with Gasteiger partial charge in [0, 0.05) is 12.5 Å². The van der Waals surface area contributed by atoms with Crippen molar-refractivity contribution in [2.45, 2.75) is 52.5 Å². The van der Waals surface area contributed by atoms with Crippen molar-refractivity contribution in [3.63, 3.8) is 0 Å². The fourth-order valence-corrected chi connectivity index (χ4v) is 0.750. The highest BCUT2D eigenvalue weighted by molar-refractivity contribution is 5.62. The Balaban J connectivity index is 0. The van der Waals surface area contributed by atoms with E-state index < -0.39 is 5.97 Å². The van der Waals surface area contributed by atoms with Gasteiger partial charge in [-0.2, -0.15) is 0 Å². The van der Waals surface area contributed by atoms with Crippen LogP contribution >= 0.6 is 0 Å². The Labute approximate surface area is 75.0 Å². The Bertz CT molecular complexity index is 107. The highest BCUT2D eigenvalue weighted by Gasteiger charge is 2.15. The molecule has 0 spiro atoms. The van der Waals surface area contributed by atoms with E-state index in [4.69, 9.17) is 15.6 Å². The quantitative estimate of drug-likeness (QED) is 0.689. The van der Waals surface area contributed by atoms with Crippen LogP contribution in [-0.2, 0) is 4.79 Å². The molecule has 3 heteroatoms. The lowest BCUT2D eigenvalue weighted by molar-refractivity contribution is -0.134. The summed E-state index contributed by atoms with van der Waals surface area (Å²) in [6, 6.07) is 0. The summed E-state index contributed by atoms with van der Waals surface area (Å²) in [5.41, 5.74) is 6.02. The van der Waals surface area contributed by atoms with E-state index in [1.165, 1.54) is 0 Å². The summed E-state index contributed by atoms with van der Waals surface area (Å²) < 4.78 is 0. The molecule has 0 fully saturated rings. The van der Waals surface area contributed by atoms with E-state index in [1.807, 2.05) is 0 Å². The first kappa shape index (κ1) is 14.0. The van der Waals surface area contributed by atoms with Gasteiger partial charge < -0.3 is 10.8 Å². The standard InChI is InChI=1S/C7H17N.C2H4O2/c1-4-7(8,5-2)6-3;1-2(3)4/h4-6,8H2,1-3H3;1H3,(H,3,4). The van der Waals surface area contributed by atoms with Gasteiger partial charge in [0.05, 0.1) is 0 Å². The lowest BCUT2D eigenvalue weighted by Crippen LogP contribution is -2.37. The number of rotatable bonds is 3. The third-order valence-electron chi connectivity index (χ3n) is 2.11. The molecule has 0 aliphatic rings. The van der Waals surface area contributed by atoms with Crippen molar-refractivity contribution in [3.05, 3.63) is 0 Å². The normalized spacial score (nSPS) is 10.1. The fraction of sp³-hybridized carbons (Fsp3) is 0.889. The lowest BCUT2D eigenvalue weighted by atomic mass is 9.92. The van der Waals surface area contributed by atoms with Gasteiger partial charge in [0.15, 0.2) is 0 Å². The average Bonchev–Trinajstić information content (AvgIpc) is 2.02. The Morgan fingerprint density at radius 1 is 1.25 bits per heavy atom. The first-order chi connectivity index (χ1) is 5.41. The number of hydrogen-bond donors (Lipinski definition) is 2. The van der Waals surface area contributed by atoms with Crippen LogP contribution in [-0.4, -0.2) is 16.6 Å². The molecule has 0 aromatic heterocycles. The summed E-state index contributed by atoms with van der Waals surface area (Å²) in [6.45, 7) is 7.52. The molecule has 0 aliphatic carbocycles. The van der Waals surface area contributed by atoms with Gasteiger partial charge >= 0.3 is 0 Å². The van der Waals surface area contributed by atoms with Gasteiger partial charge in [-0.05, 0) is 19.3 Å². The number of carboxylic acid groups (broad SMARTS) is 1. The fourth-order valence-electron chi connectivity index (χ4n) is 0.750. The van der Waals surface area contributed by atoms with Crippen molar-refractivity contribution in [2.24, 2.45) is 5.73 Å².